The summed E-state index contributed by atoms with van der Waals surface area (Å²) in [4.78, 5) is 32.8. The number of carbonyl (C=O) groups excluding carboxylic acids is 2. The summed E-state index contributed by atoms with van der Waals surface area (Å²) >= 11 is 0. The molecule has 0 saturated heterocycles. The zero-order valence-corrected chi connectivity index (χ0v) is 14.7. The Balaban J connectivity index is 1.66. The number of amides is 2. The SMILES string of the molecule is COc1cccc(NC(=O)c2cc(C(=O)NCc3cccnc3)ccn2)c1. The average Bonchev–Trinajstić information content (AvgIpc) is 2.73. The van der Waals surface area contributed by atoms with Gasteiger partial charge in [0.15, 0.2) is 0 Å². The highest BCUT2D eigenvalue weighted by atomic mass is 16.5. The average molecular weight is 362 g/mol. The van der Waals surface area contributed by atoms with Crippen molar-refractivity contribution in [3.8, 4) is 5.75 Å². The standard InChI is InChI=1S/C20H18N4O3/c1-27-17-6-2-5-16(11-17)24-20(26)18-10-15(7-9-22-18)19(25)23-13-14-4-3-8-21-12-14/h2-12H,13H2,1H3,(H,23,25)(H,24,26). The third-order valence-corrected chi connectivity index (χ3v) is 3.76. The molecule has 0 radical (unpaired) electrons. The van der Waals surface area contributed by atoms with E-state index < -0.39 is 5.91 Å². The van der Waals surface area contributed by atoms with Gasteiger partial charge in [-0.25, -0.2) is 0 Å². The van der Waals surface area contributed by atoms with Crippen molar-refractivity contribution in [2.24, 2.45) is 0 Å². The van der Waals surface area contributed by atoms with Crippen LogP contribution >= 0.6 is 0 Å². The number of aromatic nitrogens is 2. The molecule has 0 aliphatic heterocycles. The normalized spacial score (nSPS) is 10.1. The van der Waals surface area contributed by atoms with Crippen LogP contribution in [0.1, 0.15) is 26.4 Å². The van der Waals surface area contributed by atoms with Crippen LogP contribution in [-0.2, 0) is 6.54 Å². The van der Waals surface area contributed by atoms with Crippen molar-refractivity contribution < 1.29 is 14.3 Å². The fraction of sp³-hybridized carbons (Fsp3) is 0.100. The first-order valence-electron chi connectivity index (χ1n) is 8.24. The molecule has 3 rings (SSSR count). The van der Waals surface area contributed by atoms with Crippen LogP contribution in [0.15, 0.2) is 67.1 Å². The molecule has 0 aliphatic rings. The number of anilines is 1. The summed E-state index contributed by atoms with van der Waals surface area (Å²) in [5, 5.41) is 5.53. The summed E-state index contributed by atoms with van der Waals surface area (Å²) in [7, 11) is 1.55. The Bertz CT molecular complexity index is 945. The first-order valence-corrected chi connectivity index (χ1v) is 8.24. The Kier molecular flexibility index (Phi) is 5.73. The molecule has 27 heavy (non-hydrogen) atoms. The zero-order valence-electron chi connectivity index (χ0n) is 14.7. The number of hydrogen-bond acceptors (Lipinski definition) is 5. The second-order valence-electron chi connectivity index (χ2n) is 5.66. The number of rotatable bonds is 6. The maximum atomic E-state index is 12.4. The van der Waals surface area contributed by atoms with Crippen molar-refractivity contribution in [2.45, 2.75) is 6.54 Å². The number of nitrogens with one attached hydrogen (secondary N) is 2. The van der Waals surface area contributed by atoms with E-state index in [4.69, 9.17) is 4.74 Å². The highest BCUT2D eigenvalue weighted by Crippen LogP contribution is 2.17. The van der Waals surface area contributed by atoms with Crippen LogP contribution in [0.3, 0.4) is 0 Å². The first kappa shape index (κ1) is 18.1. The van der Waals surface area contributed by atoms with E-state index in [0.717, 1.165) is 5.56 Å². The molecular weight excluding hydrogens is 344 g/mol. The van der Waals surface area contributed by atoms with Crippen LogP contribution in [0, 0.1) is 0 Å². The lowest BCUT2D eigenvalue weighted by Crippen LogP contribution is -2.23. The van der Waals surface area contributed by atoms with Crippen molar-refractivity contribution in [3.05, 3.63) is 83.9 Å². The predicted octanol–water partition coefficient (Wildman–Crippen LogP) is 2.67. The van der Waals surface area contributed by atoms with Crippen LogP contribution in [0.5, 0.6) is 5.75 Å². The Morgan fingerprint density at radius 3 is 2.70 bits per heavy atom. The number of methoxy groups -OCH3 is 1. The molecule has 2 heterocycles. The van der Waals surface area contributed by atoms with Crippen molar-refractivity contribution in [1.29, 1.82) is 0 Å². The van der Waals surface area contributed by atoms with Gasteiger partial charge in [-0.2, -0.15) is 0 Å². The highest BCUT2D eigenvalue weighted by Gasteiger charge is 2.12. The number of ether oxygens (including phenoxy) is 1. The van der Waals surface area contributed by atoms with Gasteiger partial charge in [-0.3, -0.25) is 19.6 Å². The minimum Gasteiger partial charge on any atom is -0.497 e. The summed E-state index contributed by atoms with van der Waals surface area (Å²) in [6.07, 6.45) is 4.78. The van der Waals surface area contributed by atoms with Crippen molar-refractivity contribution in [3.63, 3.8) is 0 Å². The van der Waals surface area contributed by atoms with Crippen molar-refractivity contribution in [2.75, 3.05) is 12.4 Å². The Morgan fingerprint density at radius 2 is 1.93 bits per heavy atom. The molecular formula is C20H18N4O3. The summed E-state index contributed by atoms with van der Waals surface area (Å²) in [6, 6.07) is 13.7. The van der Waals surface area contributed by atoms with Gasteiger partial charge in [0.1, 0.15) is 11.4 Å². The van der Waals surface area contributed by atoms with E-state index in [1.807, 2.05) is 6.07 Å². The van der Waals surface area contributed by atoms with E-state index in [1.54, 1.807) is 55.9 Å². The molecule has 0 bridgehead atoms. The van der Waals surface area contributed by atoms with E-state index in [1.165, 1.54) is 12.3 Å². The van der Waals surface area contributed by atoms with E-state index in [9.17, 15) is 9.59 Å². The van der Waals surface area contributed by atoms with Crippen LogP contribution in [0.2, 0.25) is 0 Å². The van der Waals surface area contributed by atoms with Crippen molar-refractivity contribution in [1.82, 2.24) is 15.3 Å². The van der Waals surface area contributed by atoms with Gasteiger partial charge in [0, 0.05) is 42.5 Å². The molecule has 0 atom stereocenters. The molecule has 2 amide bonds. The van der Waals surface area contributed by atoms with Gasteiger partial charge in [-0.1, -0.05) is 12.1 Å². The van der Waals surface area contributed by atoms with E-state index >= 15 is 0 Å². The van der Waals surface area contributed by atoms with Gasteiger partial charge in [0.2, 0.25) is 0 Å². The molecule has 0 spiro atoms. The maximum Gasteiger partial charge on any atom is 0.274 e. The van der Waals surface area contributed by atoms with E-state index in [-0.39, 0.29) is 11.6 Å². The molecule has 2 N–H and O–H groups in total. The van der Waals surface area contributed by atoms with Gasteiger partial charge in [-0.15, -0.1) is 0 Å². The largest absolute Gasteiger partial charge is 0.497 e. The second kappa shape index (κ2) is 8.57. The fourth-order valence-corrected chi connectivity index (χ4v) is 2.38. The molecule has 3 aromatic rings. The predicted molar refractivity (Wildman–Crippen MR) is 101 cm³/mol. The minimum absolute atomic E-state index is 0.145. The number of benzene rings is 1. The third kappa shape index (κ3) is 4.88. The molecule has 0 fully saturated rings. The highest BCUT2D eigenvalue weighted by molar-refractivity contribution is 6.04. The van der Waals surface area contributed by atoms with Gasteiger partial charge in [-0.05, 0) is 35.9 Å². The van der Waals surface area contributed by atoms with E-state index in [2.05, 4.69) is 20.6 Å². The molecule has 0 unspecified atom stereocenters. The summed E-state index contributed by atoms with van der Waals surface area (Å²) in [6.45, 7) is 0.348. The number of carbonyl (C=O) groups is 2. The lowest BCUT2D eigenvalue weighted by Gasteiger charge is -2.08. The van der Waals surface area contributed by atoms with Crippen LogP contribution in [0.25, 0.3) is 0 Å². The topological polar surface area (TPSA) is 93.2 Å². The zero-order chi connectivity index (χ0) is 19.1. The molecule has 0 aliphatic carbocycles. The molecule has 136 valence electrons. The summed E-state index contributed by atoms with van der Waals surface area (Å²) in [5.74, 6) is -0.0777. The molecule has 1 aromatic carbocycles. The summed E-state index contributed by atoms with van der Waals surface area (Å²) < 4.78 is 5.13. The van der Waals surface area contributed by atoms with Crippen LogP contribution < -0.4 is 15.4 Å². The summed E-state index contributed by atoms with van der Waals surface area (Å²) in [5.41, 5.74) is 1.96. The van der Waals surface area contributed by atoms with Gasteiger partial charge in [0.25, 0.3) is 11.8 Å². The Labute approximate surface area is 156 Å². The van der Waals surface area contributed by atoms with Crippen molar-refractivity contribution >= 4 is 17.5 Å². The lowest BCUT2D eigenvalue weighted by atomic mass is 10.2. The van der Waals surface area contributed by atoms with Gasteiger partial charge < -0.3 is 15.4 Å². The maximum absolute atomic E-state index is 12.4. The minimum atomic E-state index is -0.412. The molecule has 7 heteroatoms. The van der Waals surface area contributed by atoms with Crippen LogP contribution in [0.4, 0.5) is 5.69 Å². The first-order chi connectivity index (χ1) is 13.2. The monoisotopic (exact) mass is 362 g/mol. The van der Waals surface area contributed by atoms with Gasteiger partial charge in [0.05, 0.1) is 7.11 Å². The smallest absolute Gasteiger partial charge is 0.274 e. The lowest BCUT2D eigenvalue weighted by molar-refractivity contribution is 0.0950. The Morgan fingerprint density at radius 1 is 1.04 bits per heavy atom. The quantitative estimate of drug-likeness (QED) is 0.703. The second-order valence-corrected chi connectivity index (χ2v) is 5.66. The molecule has 2 aromatic heterocycles. The molecule has 7 nitrogen and oxygen atoms in total. The Hall–Kier alpha value is -3.74. The van der Waals surface area contributed by atoms with Gasteiger partial charge >= 0.3 is 0 Å². The number of pyridine rings is 2. The number of hydrogen-bond donors (Lipinski definition) is 2. The van der Waals surface area contributed by atoms with E-state index in [0.29, 0.717) is 23.5 Å². The van der Waals surface area contributed by atoms with Crippen LogP contribution in [-0.4, -0.2) is 28.9 Å². The fourth-order valence-electron chi connectivity index (χ4n) is 2.38. The molecule has 0 saturated carbocycles. The third-order valence-electron chi connectivity index (χ3n) is 3.76. The number of nitrogens with zero attached hydrogens (tertiary/aromatic N) is 2.